The van der Waals surface area contributed by atoms with E-state index in [1.165, 1.54) is 6.92 Å². The summed E-state index contributed by atoms with van der Waals surface area (Å²) in [4.78, 5) is 11.5. The number of carbonyl (C=O) groups is 1. The second-order valence-corrected chi connectivity index (χ2v) is 7.69. The summed E-state index contributed by atoms with van der Waals surface area (Å²) in [6, 6.07) is 1.10. The third kappa shape index (κ3) is 2.95. The van der Waals surface area contributed by atoms with E-state index in [1.807, 2.05) is 0 Å². The van der Waals surface area contributed by atoms with E-state index in [0.717, 1.165) is 12.1 Å². The van der Waals surface area contributed by atoms with Gasteiger partial charge >= 0.3 is 6.18 Å². The molecule has 0 spiro atoms. The summed E-state index contributed by atoms with van der Waals surface area (Å²) >= 11 is 0.695. The first-order valence-electron chi connectivity index (χ1n) is 6.16. The number of alkyl halides is 3. The van der Waals surface area contributed by atoms with Gasteiger partial charge in [0.15, 0.2) is 9.84 Å². The number of hydrogen-bond acceptors (Lipinski definition) is 4. The molecule has 0 fully saturated rings. The van der Waals surface area contributed by atoms with Crippen LogP contribution in [0, 0.1) is 0 Å². The van der Waals surface area contributed by atoms with Crippen molar-refractivity contribution < 1.29 is 26.4 Å². The summed E-state index contributed by atoms with van der Waals surface area (Å²) in [6.45, 7) is 4.59. The Labute approximate surface area is 129 Å². The smallest absolute Gasteiger partial charge is 0.350 e. The van der Waals surface area contributed by atoms with E-state index in [2.05, 4.69) is 11.9 Å². The lowest BCUT2D eigenvalue weighted by molar-refractivity contribution is -0.0871. The van der Waals surface area contributed by atoms with Crippen LogP contribution in [0.15, 0.2) is 29.2 Å². The van der Waals surface area contributed by atoms with Crippen LogP contribution in [0.5, 0.6) is 0 Å². The zero-order chi connectivity index (χ0) is 16.7. The Bertz CT molecular complexity index is 773. The number of sulfone groups is 1. The molecular formula is C13H12F3NO3S2. The Morgan fingerprint density at radius 2 is 2.09 bits per heavy atom. The molecule has 0 unspecified atom stereocenters. The number of nitrogens with one attached hydrogen (secondary N) is 1. The van der Waals surface area contributed by atoms with Crippen molar-refractivity contribution >= 4 is 32.7 Å². The monoisotopic (exact) mass is 351 g/mol. The number of halogens is 3. The summed E-state index contributed by atoms with van der Waals surface area (Å²) in [5.41, 5.74) is -1.31. The van der Waals surface area contributed by atoms with Gasteiger partial charge in [-0.1, -0.05) is 12.7 Å². The van der Waals surface area contributed by atoms with Crippen LogP contribution in [0.4, 0.5) is 13.2 Å². The first kappa shape index (κ1) is 16.8. The molecule has 0 atom stereocenters. The highest BCUT2D eigenvalue weighted by atomic mass is 32.2. The molecule has 1 amide bonds. The molecule has 0 aliphatic carbocycles. The molecule has 0 saturated heterocycles. The predicted octanol–water partition coefficient (Wildman–Crippen LogP) is 2.79. The van der Waals surface area contributed by atoms with Crippen molar-refractivity contribution in [2.75, 3.05) is 12.3 Å². The van der Waals surface area contributed by atoms with Gasteiger partial charge in [0.2, 0.25) is 0 Å². The number of thiophene rings is 1. The highest BCUT2D eigenvalue weighted by Crippen LogP contribution is 2.40. The Morgan fingerprint density at radius 1 is 1.45 bits per heavy atom. The summed E-state index contributed by atoms with van der Waals surface area (Å²) in [5, 5.41) is 2.41. The maximum Gasteiger partial charge on any atom is 0.416 e. The van der Waals surface area contributed by atoms with Crippen LogP contribution in [-0.2, 0) is 9.84 Å². The van der Waals surface area contributed by atoms with Crippen molar-refractivity contribution in [3.8, 4) is 0 Å². The average Bonchev–Trinajstić information content (AvgIpc) is 2.79. The molecule has 1 N–H and O–H groups in total. The van der Waals surface area contributed by atoms with Crippen molar-refractivity contribution in [1.82, 2.24) is 5.32 Å². The minimum absolute atomic E-state index is 0.0102. The van der Waals surface area contributed by atoms with Crippen molar-refractivity contribution in [3.05, 3.63) is 34.0 Å². The molecule has 1 aliphatic heterocycles. The van der Waals surface area contributed by atoms with Gasteiger partial charge in [-0.3, -0.25) is 4.79 Å². The quantitative estimate of drug-likeness (QED) is 0.834. The van der Waals surface area contributed by atoms with Gasteiger partial charge in [-0.15, -0.1) is 11.3 Å². The van der Waals surface area contributed by atoms with Gasteiger partial charge in [0.25, 0.3) is 5.91 Å². The molecule has 0 aromatic carbocycles. The fraction of sp³-hybridized carbons (Fsp3) is 0.308. The van der Waals surface area contributed by atoms with E-state index in [9.17, 15) is 26.4 Å². The zero-order valence-electron chi connectivity index (χ0n) is 11.5. The van der Waals surface area contributed by atoms with Gasteiger partial charge in [0.05, 0.1) is 16.2 Å². The van der Waals surface area contributed by atoms with Crippen LogP contribution >= 0.6 is 11.3 Å². The van der Waals surface area contributed by atoms with Crippen LogP contribution in [0.1, 0.15) is 21.5 Å². The molecular weight excluding hydrogens is 339 g/mol. The molecule has 1 aromatic rings. The lowest BCUT2D eigenvalue weighted by Crippen LogP contribution is -2.24. The molecule has 0 saturated carbocycles. The van der Waals surface area contributed by atoms with Gasteiger partial charge in [0.1, 0.15) is 4.88 Å². The summed E-state index contributed by atoms with van der Waals surface area (Å²) in [5.74, 6) is -0.890. The average molecular weight is 351 g/mol. The molecule has 0 bridgehead atoms. The first-order chi connectivity index (χ1) is 10.1. The number of carbonyl (C=O) groups excluding carboxylic acids is 1. The topological polar surface area (TPSA) is 63.2 Å². The van der Waals surface area contributed by atoms with Gasteiger partial charge in [0, 0.05) is 11.4 Å². The predicted molar refractivity (Wildman–Crippen MR) is 77.6 cm³/mol. The SMILES string of the molecule is C=C(/C(=C\C)C(F)(F)F)c1cc2c(s1)C(=O)NCCS2(=O)=O. The number of rotatable bonds is 2. The number of amides is 1. The zero-order valence-corrected chi connectivity index (χ0v) is 13.1. The number of hydrogen-bond donors (Lipinski definition) is 1. The Morgan fingerprint density at radius 3 is 2.64 bits per heavy atom. The van der Waals surface area contributed by atoms with Crippen molar-refractivity contribution in [2.45, 2.75) is 18.0 Å². The molecule has 0 radical (unpaired) electrons. The van der Waals surface area contributed by atoms with E-state index in [4.69, 9.17) is 0 Å². The highest BCUT2D eigenvalue weighted by molar-refractivity contribution is 7.91. The van der Waals surface area contributed by atoms with E-state index in [-0.39, 0.29) is 32.5 Å². The van der Waals surface area contributed by atoms with Gasteiger partial charge in [-0.2, -0.15) is 13.2 Å². The highest BCUT2D eigenvalue weighted by Gasteiger charge is 2.37. The maximum absolute atomic E-state index is 12.9. The Hall–Kier alpha value is -1.61. The molecule has 2 heterocycles. The third-order valence-corrected chi connectivity index (χ3v) is 6.17. The van der Waals surface area contributed by atoms with Crippen LogP contribution in [0.25, 0.3) is 5.57 Å². The lowest BCUT2D eigenvalue weighted by atomic mass is 10.1. The largest absolute Gasteiger partial charge is 0.416 e. The lowest BCUT2D eigenvalue weighted by Gasteiger charge is -2.12. The summed E-state index contributed by atoms with van der Waals surface area (Å²) in [7, 11) is -3.71. The number of fused-ring (bicyclic) bond motifs is 1. The summed E-state index contributed by atoms with van der Waals surface area (Å²) < 4.78 is 62.9. The molecule has 22 heavy (non-hydrogen) atoms. The van der Waals surface area contributed by atoms with Crippen LogP contribution in [-0.4, -0.2) is 32.8 Å². The molecule has 120 valence electrons. The Kier molecular flexibility index (Phi) is 4.22. The first-order valence-corrected chi connectivity index (χ1v) is 8.62. The van der Waals surface area contributed by atoms with E-state index >= 15 is 0 Å². The molecule has 9 heteroatoms. The third-order valence-electron chi connectivity index (χ3n) is 3.11. The molecule has 1 aromatic heterocycles. The van der Waals surface area contributed by atoms with Gasteiger partial charge in [-0.25, -0.2) is 8.42 Å². The van der Waals surface area contributed by atoms with E-state index in [0.29, 0.717) is 11.3 Å². The van der Waals surface area contributed by atoms with Crippen LogP contribution < -0.4 is 5.32 Å². The van der Waals surface area contributed by atoms with Crippen molar-refractivity contribution in [1.29, 1.82) is 0 Å². The van der Waals surface area contributed by atoms with Crippen LogP contribution in [0.3, 0.4) is 0 Å². The van der Waals surface area contributed by atoms with Crippen LogP contribution in [0.2, 0.25) is 0 Å². The fourth-order valence-electron chi connectivity index (χ4n) is 2.04. The normalized spacial score (nSPS) is 18.4. The van der Waals surface area contributed by atoms with E-state index < -0.39 is 27.5 Å². The number of allylic oxidation sites excluding steroid dienone is 3. The minimum Gasteiger partial charge on any atom is -0.350 e. The fourth-order valence-corrected chi connectivity index (χ4v) is 4.84. The second kappa shape index (κ2) is 5.54. The maximum atomic E-state index is 12.9. The second-order valence-electron chi connectivity index (χ2n) is 4.56. The molecule has 1 aliphatic rings. The van der Waals surface area contributed by atoms with Gasteiger partial charge < -0.3 is 5.32 Å². The standard InChI is InChI=1S/C13H12F3NO3S2/c1-3-8(13(14,15)16)7(2)9-6-10-11(21-9)12(18)17-4-5-22(10,19)20/h3,6H,2,4-5H2,1H3,(H,17,18)/b8-3+. The van der Waals surface area contributed by atoms with Crippen molar-refractivity contribution in [2.24, 2.45) is 0 Å². The van der Waals surface area contributed by atoms with E-state index in [1.54, 1.807) is 0 Å². The molecule has 4 nitrogen and oxygen atoms in total. The van der Waals surface area contributed by atoms with Gasteiger partial charge in [-0.05, 0) is 18.6 Å². The Balaban J connectivity index is 2.56. The van der Waals surface area contributed by atoms with Crippen molar-refractivity contribution in [3.63, 3.8) is 0 Å². The minimum atomic E-state index is -4.60. The molecule has 2 rings (SSSR count). The summed E-state index contributed by atoms with van der Waals surface area (Å²) in [6.07, 6.45) is -3.74.